The van der Waals surface area contributed by atoms with Crippen molar-refractivity contribution in [2.24, 2.45) is 0 Å². The van der Waals surface area contributed by atoms with Gasteiger partial charge in [-0.05, 0) is 60.7 Å². The molecule has 0 radical (unpaired) electrons. The molecule has 0 aliphatic carbocycles. The van der Waals surface area contributed by atoms with E-state index in [0.717, 1.165) is 27.8 Å². The summed E-state index contributed by atoms with van der Waals surface area (Å²) in [4.78, 5) is 12.5. The second-order valence-electron chi connectivity index (χ2n) is 6.76. The van der Waals surface area contributed by atoms with Crippen molar-refractivity contribution in [2.45, 2.75) is 40.0 Å². The maximum atomic E-state index is 12.5. The molecule has 25 heavy (non-hydrogen) atoms. The second-order valence-corrected chi connectivity index (χ2v) is 7.17. The van der Waals surface area contributed by atoms with Crippen LogP contribution in [-0.4, -0.2) is 5.91 Å². The van der Waals surface area contributed by atoms with Gasteiger partial charge in [0, 0.05) is 21.7 Å². The predicted molar refractivity (Wildman–Crippen MR) is 104 cm³/mol. The molecule has 0 saturated heterocycles. The summed E-state index contributed by atoms with van der Waals surface area (Å²) in [5.41, 5.74) is 5.82. The summed E-state index contributed by atoms with van der Waals surface area (Å²) in [5.74, 6) is 0.342. The van der Waals surface area contributed by atoms with Crippen LogP contribution >= 0.6 is 11.6 Å². The molecular weight excluding hydrogens is 334 g/mol. The molecule has 0 aliphatic heterocycles. The maximum absolute atomic E-state index is 12.5. The van der Waals surface area contributed by atoms with Crippen molar-refractivity contribution in [1.29, 1.82) is 0 Å². The summed E-state index contributed by atoms with van der Waals surface area (Å²) in [6.07, 6.45) is 1.94. The zero-order valence-corrected chi connectivity index (χ0v) is 15.7. The number of amides is 1. The Morgan fingerprint density at radius 3 is 2.72 bits per heavy atom. The molecule has 2 aromatic carbocycles. The number of benzene rings is 2. The van der Waals surface area contributed by atoms with Crippen LogP contribution in [0.25, 0.3) is 11.0 Å². The van der Waals surface area contributed by atoms with Crippen LogP contribution in [0.4, 0.5) is 5.69 Å². The fraction of sp³-hybridized carbons (Fsp3) is 0.286. The zero-order chi connectivity index (χ0) is 18.1. The number of carbonyl (C=O) groups excluding carboxylic acids is 1. The number of halogens is 1. The van der Waals surface area contributed by atoms with E-state index in [1.807, 2.05) is 31.2 Å². The SMILES string of the molecule is Cc1cc2occ(CC(=O)Nc3cccc(Cl)c3C)c2cc1C(C)C. The maximum Gasteiger partial charge on any atom is 0.228 e. The molecule has 0 spiro atoms. The molecule has 3 nitrogen and oxygen atoms in total. The Morgan fingerprint density at radius 2 is 2.00 bits per heavy atom. The molecule has 1 aromatic heterocycles. The summed E-state index contributed by atoms with van der Waals surface area (Å²) < 4.78 is 5.66. The molecular formula is C21H22ClNO2. The lowest BCUT2D eigenvalue weighted by molar-refractivity contribution is -0.115. The highest BCUT2D eigenvalue weighted by Crippen LogP contribution is 2.29. The number of nitrogens with one attached hydrogen (secondary N) is 1. The molecule has 3 aromatic rings. The van der Waals surface area contributed by atoms with Gasteiger partial charge in [0.1, 0.15) is 5.58 Å². The molecule has 0 unspecified atom stereocenters. The Kier molecular flexibility index (Phi) is 4.87. The minimum absolute atomic E-state index is 0.0836. The number of hydrogen-bond acceptors (Lipinski definition) is 2. The van der Waals surface area contributed by atoms with Gasteiger partial charge in [-0.2, -0.15) is 0 Å². The van der Waals surface area contributed by atoms with Crippen LogP contribution in [0.5, 0.6) is 0 Å². The van der Waals surface area contributed by atoms with Gasteiger partial charge in [0.15, 0.2) is 0 Å². The van der Waals surface area contributed by atoms with Crippen LogP contribution in [0, 0.1) is 13.8 Å². The van der Waals surface area contributed by atoms with E-state index < -0.39 is 0 Å². The van der Waals surface area contributed by atoms with E-state index >= 15 is 0 Å². The molecule has 0 saturated carbocycles. The Balaban J connectivity index is 1.86. The Bertz CT molecular complexity index is 940. The number of furan rings is 1. The highest BCUT2D eigenvalue weighted by Gasteiger charge is 2.15. The largest absolute Gasteiger partial charge is 0.464 e. The lowest BCUT2D eigenvalue weighted by Crippen LogP contribution is -2.15. The molecule has 0 bridgehead atoms. The van der Waals surface area contributed by atoms with Gasteiger partial charge in [-0.15, -0.1) is 0 Å². The third-order valence-corrected chi connectivity index (χ3v) is 4.97. The van der Waals surface area contributed by atoms with Crippen LogP contribution < -0.4 is 5.32 Å². The summed E-state index contributed by atoms with van der Waals surface area (Å²) in [7, 11) is 0. The molecule has 130 valence electrons. The summed E-state index contributed by atoms with van der Waals surface area (Å²) >= 11 is 6.11. The van der Waals surface area contributed by atoms with Crippen molar-refractivity contribution in [3.8, 4) is 0 Å². The molecule has 4 heteroatoms. The fourth-order valence-electron chi connectivity index (χ4n) is 3.11. The van der Waals surface area contributed by atoms with Gasteiger partial charge < -0.3 is 9.73 Å². The lowest BCUT2D eigenvalue weighted by atomic mass is 9.95. The standard InChI is InChI=1S/C21H22ClNO2/c1-12(2)16-10-17-15(11-25-20(17)8-13(16)3)9-21(24)23-19-7-5-6-18(22)14(19)4/h5-8,10-12H,9H2,1-4H3,(H,23,24). The van der Waals surface area contributed by atoms with Crippen LogP contribution in [-0.2, 0) is 11.2 Å². The van der Waals surface area contributed by atoms with Crippen molar-refractivity contribution < 1.29 is 9.21 Å². The highest BCUT2D eigenvalue weighted by atomic mass is 35.5. The second kappa shape index (κ2) is 6.93. The molecule has 0 atom stereocenters. The highest BCUT2D eigenvalue weighted by molar-refractivity contribution is 6.31. The van der Waals surface area contributed by atoms with Crippen molar-refractivity contribution in [1.82, 2.24) is 0 Å². The van der Waals surface area contributed by atoms with E-state index in [4.69, 9.17) is 16.0 Å². The zero-order valence-electron chi connectivity index (χ0n) is 14.9. The quantitative estimate of drug-likeness (QED) is 0.622. The Labute approximate surface area is 153 Å². The van der Waals surface area contributed by atoms with Crippen LogP contribution in [0.2, 0.25) is 5.02 Å². The van der Waals surface area contributed by atoms with Gasteiger partial charge >= 0.3 is 0 Å². The van der Waals surface area contributed by atoms with Crippen LogP contribution in [0.1, 0.15) is 42.0 Å². The molecule has 0 fully saturated rings. The Morgan fingerprint density at radius 1 is 1.24 bits per heavy atom. The number of hydrogen-bond donors (Lipinski definition) is 1. The topological polar surface area (TPSA) is 42.2 Å². The average molecular weight is 356 g/mol. The Hall–Kier alpha value is -2.26. The van der Waals surface area contributed by atoms with E-state index in [0.29, 0.717) is 10.9 Å². The van der Waals surface area contributed by atoms with E-state index in [9.17, 15) is 4.79 Å². The van der Waals surface area contributed by atoms with Crippen molar-refractivity contribution in [3.05, 3.63) is 63.9 Å². The molecule has 3 rings (SSSR count). The van der Waals surface area contributed by atoms with Crippen molar-refractivity contribution in [2.75, 3.05) is 5.32 Å². The predicted octanol–water partition coefficient (Wildman–Crippen LogP) is 6.01. The lowest BCUT2D eigenvalue weighted by Gasteiger charge is -2.11. The first-order valence-electron chi connectivity index (χ1n) is 8.42. The summed E-state index contributed by atoms with van der Waals surface area (Å²) in [5, 5.41) is 4.59. The molecule has 0 aliphatic rings. The van der Waals surface area contributed by atoms with Gasteiger partial charge in [0.2, 0.25) is 5.91 Å². The number of rotatable bonds is 4. The smallest absolute Gasteiger partial charge is 0.228 e. The number of carbonyl (C=O) groups is 1. The van der Waals surface area contributed by atoms with Gasteiger partial charge in [-0.25, -0.2) is 0 Å². The van der Waals surface area contributed by atoms with E-state index in [-0.39, 0.29) is 12.3 Å². The van der Waals surface area contributed by atoms with Crippen molar-refractivity contribution >= 4 is 34.2 Å². The van der Waals surface area contributed by atoms with Gasteiger partial charge in [-0.3, -0.25) is 4.79 Å². The molecule has 1 amide bonds. The average Bonchev–Trinajstić information content (AvgIpc) is 2.92. The van der Waals surface area contributed by atoms with Gasteiger partial charge in [0.05, 0.1) is 12.7 Å². The van der Waals surface area contributed by atoms with E-state index in [1.54, 1.807) is 6.26 Å². The number of fused-ring (bicyclic) bond motifs is 1. The van der Waals surface area contributed by atoms with E-state index in [2.05, 4.69) is 32.2 Å². The van der Waals surface area contributed by atoms with Gasteiger partial charge in [0.25, 0.3) is 0 Å². The number of aryl methyl sites for hydroxylation is 1. The van der Waals surface area contributed by atoms with Crippen molar-refractivity contribution in [3.63, 3.8) is 0 Å². The minimum Gasteiger partial charge on any atom is -0.464 e. The van der Waals surface area contributed by atoms with Gasteiger partial charge in [-0.1, -0.05) is 31.5 Å². The number of anilines is 1. The van der Waals surface area contributed by atoms with E-state index in [1.165, 1.54) is 11.1 Å². The summed E-state index contributed by atoms with van der Waals surface area (Å²) in [6, 6.07) is 9.69. The monoisotopic (exact) mass is 355 g/mol. The summed E-state index contributed by atoms with van der Waals surface area (Å²) in [6.45, 7) is 8.32. The first kappa shape index (κ1) is 17.6. The normalized spacial score (nSPS) is 11.3. The first-order chi connectivity index (χ1) is 11.9. The van der Waals surface area contributed by atoms with Crippen LogP contribution in [0.3, 0.4) is 0 Å². The molecule has 1 N–H and O–H groups in total. The first-order valence-corrected chi connectivity index (χ1v) is 8.80. The third kappa shape index (κ3) is 3.57. The van der Waals surface area contributed by atoms with Crippen LogP contribution in [0.15, 0.2) is 41.0 Å². The minimum atomic E-state index is -0.0836. The third-order valence-electron chi connectivity index (χ3n) is 4.56. The fourth-order valence-corrected chi connectivity index (χ4v) is 3.29. The molecule has 1 heterocycles.